The van der Waals surface area contributed by atoms with E-state index in [9.17, 15) is 10.4 Å². The lowest BCUT2D eigenvalue weighted by Gasteiger charge is -2.17. The fourth-order valence-electron chi connectivity index (χ4n) is 2.86. The molecule has 0 bridgehead atoms. The maximum Gasteiger partial charge on any atom is 0.157 e. The van der Waals surface area contributed by atoms with Gasteiger partial charge in [-0.1, -0.05) is 17.7 Å². The molecule has 24 heavy (non-hydrogen) atoms. The Balaban J connectivity index is 1.64. The lowest BCUT2D eigenvalue weighted by molar-refractivity contribution is 0.0736. The van der Waals surface area contributed by atoms with E-state index in [0.29, 0.717) is 36.0 Å². The van der Waals surface area contributed by atoms with Gasteiger partial charge in [-0.05, 0) is 24.6 Å². The van der Waals surface area contributed by atoms with E-state index in [1.54, 1.807) is 23.0 Å². The number of β-amino-alcohol motifs (C(OH)–C–C–N with tert-alkyl or cyclic N) is 1. The minimum Gasteiger partial charge on any atom is -0.483 e. The number of nitrogens with zero attached hydrogens (tertiary/aromatic N) is 4. The summed E-state index contributed by atoms with van der Waals surface area (Å²) in [5.41, 5.74) is 1.46. The van der Waals surface area contributed by atoms with Gasteiger partial charge in [0, 0.05) is 31.2 Å². The molecule has 126 valence electrons. The lowest BCUT2D eigenvalue weighted by Crippen LogP contribution is -2.29. The Morgan fingerprint density at radius 3 is 3.00 bits per heavy atom. The van der Waals surface area contributed by atoms with Crippen molar-refractivity contribution in [2.75, 3.05) is 13.1 Å². The molecule has 0 spiro atoms. The quantitative estimate of drug-likeness (QED) is 0.897. The number of rotatable bonds is 5. The second-order valence-electron chi connectivity index (χ2n) is 5.86. The van der Waals surface area contributed by atoms with Gasteiger partial charge in [-0.25, -0.2) is 0 Å². The Labute approximate surface area is 145 Å². The third-order valence-corrected chi connectivity index (χ3v) is 4.35. The molecule has 2 aromatic rings. The molecule has 0 amide bonds. The molecule has 1 aromatic carbocycles. The highest BCUT2D eigenvalue weighted by molar-refractivity contribution is 6.30. The van der Waals surface area contributed by atoms with Crippen LogP contribution in [0.3, 0.4) is 0 Å². The summed E-state index contributed by atoms with van der Waals surface area (Å²) in [6, 6.07) is 7.46. The predicted molar refractivity (Wildman–Crippen MR) is 89.8 cm³/mol. The Bertz CT molecular complexity index is 755. The minimum atomic E-state index is -0.576. The number of hydrogen-bond acceptors (Lipinski definition) is 5. The van der Waals surface area contributed by atoms with Crippen molar-refractivity contribution in [3.63, 3.8) is 0 Å². The molecule has 7 heteroatoms. The largest absolute Gasteiger partial charge is 0.483 e. The predicted octanol–water partition coefficient (Wildman–Crippen LogP) is 2.05. The van der Waals surface area contributed by atoms with Gasteiger partial charge in [0.2, 0.25) is 0 Å². The van der Waals surface area contributed by atoms with Crippen LogP contribution < -0.4 is 4.74 Å². The van der Waals surface area contributed by atoms with Crippen LogP contribution in [0, 0.1) is 11.3 Å². The number of benzene rings is 1. The number of aryl methyl sites for hydroxylation is 1. The molecule has 0 aliphatic carbocycles. The third-order valence-electron chi connectivity index (χ3n) is 4.12. The molecule has 2 heterocycles. The fourth-order valence-corrected chi connectivity index (χ4v) is 3.03. The van der Waals surface area contributed by atoms with Crippen molar-refractivity contribution in [3.05, 3.63) is 46.7 Å². The summed E-state index contributed by atoms with van der Waals surface area (Å²) in [7, 11) is 0. The number of likely N-dealkylation sites (tertiary alicyclic amines) is 1. The lowest BCUT2D eigenvalue weighted by atomic mass is 10.1. The fraction of sp³-hybridized carbons (Fsp3) is 0.412. The first-order valence-electron chi connectivity index (χ1n) is 7.87. The van der Waals surface area contributed by atoms with Gasteiger partial charge in [0.15, 0.2) is 5.75 Å². The van der Waals surface area contributed by atoms with Crippen LogP contribution in [0.25, 0.3) is 0 Å². The topological polar surface area (TPSA) is 74.3 Å². The average Bonchev–Trinajstić information content (AvgIpc) is 3.16. The standard InChI is InChI=1S/C17H19ClN4O2/c1-2-22-9-15(7-20-22)24-17-11-21(10-16(17)23)8-12-3-4-14(18)5-13(12)6-19/h3-5,7,9,16-17,23H,2,8,10-11H2,1H3/t16-,17-/m1/s1. The van der Waals surface area contributed by atoms with Crippen LogP contribution in [0.2, 0.25) is 5.02 Å². The van der Waals surface area contributed by atoms with Crippen molar-refractivity contribution < 1.29 is 9.84 Å². The molecule has 6 nitrogen and oxygen atoms in total. The number of aromatic nitrogens is 2. The number of ether oxygens (including phenoxy) is 1. The second kappa shape index (κ2) is 7.22. The second-order valence-corrected chi connectivity index (χ2v) is 6.30. The summed E-state index contributed by atoms with van der Waals surface area (Å²) >= 11 is 5.93. The zero-order chi connectivity index (χ0) is 17.1. The van der Waals surface area contributed by atoms with Crippen LogP contribution in [-0.4, -0.2) is 45.1 Å². The maximum atomic E-state index is 10.3. The average molecular weight is 347 g/mol. The van der Waals surface area contributed by atoms with Crippen molar-refractivity contribution in [1.29, 1.82) is 5.26 Å². The van der Waals surface area contributed by atoms with Crippen LogP contribution in [0.5, 0.6) is 5.75 Å². The molecule has 0 saturated carbocycles. The van der Waals surface area contributed by atoms with E-state index in [1.165, 1.54) is 0 Å². The number of aliphatic hydroxyl groups is 1. The van der Waals surface area contributed by atoms with Crippen molar-refractivity contribution in [2.24, 2.45) is 0 Å². The van der Waals surface area contributed by atoms with Crippen LogP contribution in [0.4, 0.5) is 0 Å². The zero-order valence-electron chi connectivity index (χ0n) is 13.4. The van der Waals surface area contributed by atoms with Crippen LogP contribution in [-0.2, 0) is 13.1 Å². The van der Waals surface area contributed by atoms with E-state index in [0.717, 1.165) is 12.1 Å². The van der Waals surface area contributed by atoms with Crippen LogP contribution in [0.1, 0.15) is 18.1 Å². The van der Waals surface area contributed by atoms with E-state index in [2.05, 4.69) is 16.1 Å². The molecule has 1 aromatic heterocycles. The van der Waals surface area contributed by atoms with Crippen molar-refractivity contribution >= 4 is 11.6 Å². The highest BCUT2D eigenvalue weighted by atomic mass is 35.5. The summed E-state index contributed by atoms with van der Waals surface area (Å²) in [6.07, 6.45) is 2.60. The highest BCUT2D eigenvalue weighted by Gasteiger charge is 2.33. The zero-order valence-corrected chi connectivity index (χ0v) is 14.1. The van der Waals surface area contributed by atoms with Crippen LogP contribution in [0.15, 0.2) is 30.6 Å². The summed E-state index contributed by atoms with van der Waals surface area (Å²) in [6.45, 7) is 4.44. The first-order valence-corrected chi connectivity index (χ1v) is 8.25. The number of nitriles is 1. The molecule has 1 saturated heterocycles. The summed E-state index contributed by atoms with van der Waals surface area (Å²) in [5.74, 6) is 0.659. The molecule has 1 aliphatic rings. The molecule has 3 rings (SSSR count). The highest BCUT2D eigenvalue weighted by Crippen LogP contribution is 2.22. The Hall–Kier alpha value is -2.07. The molecule has 1 fully saturated rings. The number of hydrogen-bond donors (Lipinski definition) is 1. The first kappa shape index (κ1) is 16.8. The molecule has 1 N–H and O–H groups in total. The SMILES string of the molecule is CCn1cc(O[C@@H]2CN(Cc3ccc(Cl)cc3C#N)C[C@H]2O)cn1. The number of aliphatic hydroxyl groups excluding tert-OH is 1. The van der Waals surface area contributed by atoms with Gasteiger partial charge in [0.1, 0.15) is 12.2 Å². The Morgan fingerprint density at radius 2 is 2.29 bits per heavy atom. The molecule has 0 radical (unpaired) electrons. The Kier molecular flexibility index (Phi) is 5.05. The first-order chi connectivity index (χ1) is 11.6. The molecular formula is C17H19ClN4O2. The monoisotopic (exact) mass is 346 g/mol. The number of halogens is 1. The normalized spacial score (nSPS) is 20.9. The van der Waals surface area contributed by atoms with E-state index in [1.807, 2.05) is 19.2 Å². The third kappa shape index (κ3) is 3.70. The van der Waals surface area contributed by atoms with Gasteiger partial charge in [-0.15, -0.1) is 0 Å². The van der Waals surface area contributed by atoms with Crippen molar-refractivity contribution in [1.82, 2.24) is 14.7 Å². The van der Waals surface area contributed by atoms with E-state index in [4.69, 9.17) is 16.3 Å². The van der Waals surface area contributed by atoms with Gasteiger partial charge < -0.3 is 9.84 Å². The minimum absolute atomic E-state index is 0.308. The van der Waals surface area contributed by atoms with Gasteiger partial charge in [-0.3, -0.25) is 9.58 Å². The summed E-state index contributed by atoms with van der Waals surface area (Å²) in [5, 5.41) is 24.2. The van der Waals surface area contributed by atoms with E-state index >= 15 is 0 Å². The van der Waals surface area contributed by atoms with Gasteiger partial charge >= 0.3 is 0 Å². The van der Waals surface area contributed by atoms with E-state index < -0.39 is 6.10 Å². The van der Waals surface area contributed by atoms with Gasteiger partial charge in [0.25, 0.3) is 0 Å². The molecule has 1 aliphatic heterocycles. The Morgan fingerprint density at radius 1 is 1.46 bits per heavy atom. The van der Waals surface area contributed by atoms with E-state index in [-0.39, 0.29) is 6.10 Å². The van der Waals surface area contributed by atoms with Crippen molar-refractivity contribution in [3.8, 4) is 11.8 Å². The van der Waals surface area contributed by atoms with Gasteiger partial charge in [0.05, 0.1) is 24.0 Å². The smallest absolute Gasteiger partial charge is 0.157 e. The molecule has 2 atom stereocenters. The summed E-state index contributed by atoms with van der Waals surface area (Å²) < 4.78 is 7.63. The molecular weight excluding hydrogens is 328 g/mol. The molecule has 0 unspecified atom stereocenters. The summed E-state index contributed by atoms with van der Waals surface area (Å²) in [4.78, 5) is 2.07. The van der Waals surface area contributed by atoms with Crippen molar-refractivity contribution in [2.45, 2.75) is 32.2 Å². The van der Waals surface area contributed by atoms with Gasteiger partial charge in [-0.2, -0.15) is 10.4 Å². The van der Waals surface area contributed by atoms with Crippen LogP contribution >= 0.6 is 11.6 Å². The maximum absolute atomic E-state index is 10.3.